The van der Waals surface area contributed by atoms with Crippen molar-refractivity contribution in [2.45, 2.75) is 58.7 Å². The van der Waals surface area contributed by atoms with Crippen molar-refractivity contribution < 1.29 is 0 Å². The van der Waals surface area contributed by atoms with Crippen LogP contribution in [0, 0.1) is 0 Å². The number of unbranched alkanes of at least 4 members (excludes halogenated alkanes) is 3. The fourth-order valence-corrected chi connectivity index (χ4v) is 2.72. The Morgan fingerprint density at radius 3 is 2.76 bits per heavy atom. The molecule has 0 saturated carbocycles. The third-order valence-corrected chi connectivity index (χ3v) is 3.88. The van der Waals surface area contributed by atoms with Crippen LogP contribution in [0.4, 0.5) is 0 Å². The maximum absolute atomic E-state index is 3.79. The van der Waals surface area contributed by atoms with Gasteiger partial charge in [0, 0.05) is 30.3 Å². The Kier molecular flexibility index (Phi) is 6.06. The molecule has 1 aromatic carbocycles. The van der Waals surface area contributed by atoms with Crippen molar-refractivity contribution in [3.05, 3.63) is 48.7 Å². The van der Waals surface area contributed by atoms with E-state index in [1.54, 1.807) is 0 Å². The summed E-state index contributed by atoms with van der Waals surface area (Å²) in [6.07, 6.45) is 6.91. The minimum atomic E-state index is 0.518. The summed E-state index contributed by atoms with van der Waals surface area (Å²) < 4.78 is 2.48. The highest BCUT2D eigenvalue weighted by molar-refractivity contribution is 5.81. The zero-order valence-electron chi connectivity index (χ0n) is 13.4. The van der Waals surface area contributed by atoms with Crippen LogP contribution in [0.25, 0.3) is 10.9 Å². The van der Waals surface area contributed by atoms with Crippen molar-refractivity contribution in [1.82, 2.24) is 9.88 Å². The van der Waals surface area contributed by atoms with Gasteiger partial charge in [0.05, 0.1) is 0 Å². The highest BCUT2D eigenvalue weighted by Crippen LogP contribution is 2.21. The summed E-state index contributed by atoms with van der Waals surface area (Å²) in [7, 11) is 0. The minimum absolute atomic E-state index is 0.518. The normalized spacial score (nSPS) is 11.4. The number of hydrogen-bond donors (Lipinski definition) is 1. The molecule has 0 spiro atoms. The van der Waals surface area contributed by atoms with Crippen molar-refractivity contribution in [3.8, 4) is 0 Å². The van der Waals surface area contributed by atoms with E-state index in [1.165, 1.54) is 35.9 Å². The number of aromatic nitrogens is 1. The molecule has 0 amide bonds. The van der Waals surface area contributed by atoms with Gasteiger partial charge >= 0.3 is 0 Å². The lowest BCUT2D eigenvalue weighted by Crippen LogP contribution is -2.23. The number of nitrogens with zero attached hydrogens (tertiary/aromatic N) is 1. The number of hydrogen-bond acceptors (Lipinski definition) is 1. The van der Waals surface area contributed by atoms with Gasteiger partial charge in [0.15, 0.2) is 0 Å². The van der Waals surface area contributed by atoms with E-state index in [-0.39, 0.29) is 0 Å². The average Bonchev–Trinajstić information content (AvgIpc) is 2.83. The van der Waals surface area contributed by atoms with Crippen LogP contribution >= 0.6 is 0 Å². The van der Waals surface area contributed by atoms with E-state index in [4.69, 9.17) is 0 Å². The van der Waals surface area contributed by atoms with Crippen molar-refractivity contribution in [1.29, 1.82) is 0 Å². The van der Waals surface area contributed by atoms with Gasteiger partial charge in [0.2, 0.25) is 0 Å². The molecule has 0 aliphatic carbocycles. The Labute approximate surface area is 128 Å². The molecule has 0 fully saturated rings. The number of benzene rings is 1. The number of para-hydroxylation sites is 1. The largest absolute Gasteiger partial charge is 0.343 e. The summed E-state index contributed by atoms with van der Waals surface area (Å²) in [6, 6.07) is 11.5. The Balaban J connectivity index is 2.09. The highest BCUT2D eigenvalue weighted by atomic mass is 15.0. The highest BCUT2D eigenvalue weighted by Gasteiger charge is 2.08. The molecule has 0 bridgehead atoms. The van der Waals surface area contributed by atoms with Crippen molar-refractivity contribution in [3.63, 3.8) is 0 Å². The molecule has 2 aromatic rings. The van der Waals surface area contributed by atoms with Gasteiger partial charge in [0.25, 0.3) is 0 Å². The molecular weight excluding hydrogens is 256 g/mol. The molecule has 2 heteroatoms. The molecular formula is C19H28N2. The second-order valence-electron chi connectivity index (χ2n) is 6.02. The lowest BCUT2D eigenvalue weighted by atomic mass is 10.2. The number of nitrogens with one attached hydrogen (secondary N) is 1. The quantitative estimate of drug-likeness (QED) is 0.512. The third kappa shape index (κ3) is 4.47. The summed E-state index contributed by atoms with van der Waals surface area (Å²) in [5.41, 5.74) is 2.76. The molecule has 0 unspecified atom stereocenters. The van der Waals surface area contributed by atoms with Gasteiger partial charge in [-0.05, 0) is 36.8 Å². The first-order chi connectivity index (χ1) is 10.2. The summed E-state index contributed by atoms with van der Waals surface area (Å²) in [6.45, 7) is 10.2. The van der Waals surface area contributed by atoms with Crippen molar-refractivity contribution >= 4 is 10.9 Å². The number of allylic oxidation sites excluding steroid dienone is 1. The van der Waals surface area contributed by atoms with Crippen LogP contribution in [-0.2, 0) is 13.1 Å². The molecule has 1 heterocycles. The summed E-state index contributed by atoms with van der Waals surface area (Å²) in [4.78, 5) is 0. The van der Waals surface area contributed by atoms with Gasteiger partial charge in [0.1, 0.15) is 0 Å². The predicted octanol–water partition coefficient (Wildman–Crippen LogP) is 4.89. The maximum atomic E-state index is 3.79. The number of rotatable bonds is 9. The number of fused-ring (bicyclic) bond motifs is 1. The monoisotopic (exact) mass is 284 g/mol. The van der Waals surface area contributed by atoms with E-state index < -0.39 is 0 Å². The second kappa shape index (κ2) is 8.04. The molecule has 2 rings (SSSR count). The Bertz CT molecular complexity index is 566. The van der Waals surface area contributed by atoms with E-state index in [0.717, 1.165) is 19.5 Å². The van der Waals surface area contributed by atoms with Gasteiger partial charge in [-0.15, -0.1) is 6.58 Å². The molecule has 114 valence electrons. The Morgan fingerprint density at radius 1 is 1.19 bits per heavy atom. The SMILES string of the molecule is C=CCCCCCn1c(CNC(C)C)cc2ccccc21. The molecule has 21 heavy (non-hydrogen) atoms. The Morgan fingerprint density at radius 2 is 2.00 bits per heavy atom. The van der Waals surface area contributed by atoms with Crippen LogP contribution in [0.3, 0.4) is 0 Å². The van der Waals surface area contributed by atoms with Gasteiger partial charge in [-0.2, -0.15) is 0 Å². The molecule has 0 radical (unpaired) electrons. The lowest BCUT2D eigenvalue weighted by Gasteiger charge is -2.13. The van der Waals surface area contributed by atoms with Crippen LogP contribution in [0.5, 0.6) is 0 Å². The molecule has 0 aliphatic heterocycles. The second-order valence-corrected chi connectivity index (χ2v) is 6.02. The first kappa shape index (κ1) is 15.8. The van der Waals surface area contributed by atoms with E-state index in [9.17, 15) is 0 Å². The zero-order chi connectivity index (χ0) is 15.1. The maximum Gasteiger partial charge on any atom is 0.0482 e. The Hall–Kier alpha value is -1.54. The van der Waals surface area contributed by atoms with Crippen molar-refractivity contribution in [2.75, 3.05) is 0 Å². The van der Waals surface area contributed by atoms with Crippen LogP contribution in [0.1, 0.15) is 45.2 Å². The zero-order valence-corrected chi connectivity index (χ0v) is 13.4. The first-order valence-corrected chi connectivity index (χ1v) is 8.14. The van der Waals surface area contributed by atoms with Crippen molar-refractivity contribution in [2.24, 2.45) is 0 Å². The van der Waals surface area contributed by atoms with Crippen LogP contribution < -0.4 is 5.32 Å². The summed E-state index contributed by atoms with van der Waals surface area (Å²) >= 11 is 0. The van der Waals surface area contributed by atoms with E-state index in [2.05, 4.69) is 60.6 Å². The first-order valence-electron chi connectivity index (χ1n) is 8.14. The van der Waals surface area contributed by atoms with Gasteiger partial charge in [-0.3, -0.25) is 0 Å². The topological polar surface area (TPSA) is 17.0 Å². The van der Waals surface area contributed by atoms with Crippen LogP contribution in [0.15, 0.2) is 43.0 Å². The van der Waals surface area contributed by atoms with Gasteiger partial charge in [-0.1, -0.05) is 44.5 Å². The molecule has 0 atom stereocenters. The molecule has 0 aliphatic rings. The van der Waals surface area contributed by atoms with Crippen LogP contribution in [0.2, 0.25) is 0 Å². The molecule has 2 nitrogen and oxygen atoms in total. The van der Waals surface area contributed by atoms with E-state index in [0.29, 0.717) is 6.04 Å². The molecule has 0 saturated heterocycles. The fourth-order valence-electron chi connectivity index (χ4n) is 2.72. The summed E-state index contributed by atoms with van der Waals surface area (Å²) in [5, 5.41) is 4.89. The third-order valence-electron chi connectivity index (χ3n) is 3.88. The smallest absolute Gasteiger partial charge is 0.0482 e. The number of aryl methyl sites for hydroxylation is 1. The van der Waals surface area contributed by atoms with E-state index in [1.807, 2.05) is 6.08 Å². The minimum Gasteiger partial charge on any atom is -0.343 e. The van der Waals surface area contributed by atoms with Gasteiger partial charge < -0.3 is 9.88 Å². The fraction of sp³-hybridized carbons (Fsp3) is 0.474. The molecule has 1 aromatic heterocycles. The standard InChI is InChI=1S/C19H28N2/c1-4-5-6-7-10-13-21-18(15-20-16(2)3)14-17-11-8-9-12-19(17)21/h4,8-9,11-12,14,16,20H,1,5-7,10,13,15H2,2-3H3. The van der Waals surface area contributed by atoms with E-state index >= 15 is 0 Å². The molecule has 1 N–H and O–H groups in total. The van der Waals surface area contributed by atoms with Gasteiger partial charge in [-0.25, -0.2) is 0 Å². The summed E-state index contributed by atoms with van der Waals surface area (Å²) in [5.74, 6) is 0. The lowest BCUT2D eigenvalue weighted by molar-refractivity contribution is 0.541. The van der Waals surface area contributed by atoms with Crippen LogP contribution in [-0.4, -0.2) is 10.6 Å². The average molecular weight is 284 g/mol. The predicted molar refractivity (Wildman–Crippen MR) is 92.6 cm³/mol.